The molecule has 0 nitrogen and oxygen atoms in total. The summed E-state index contributed by atoms with van der Waals surface area (Å²) < 4.78 is 0. The Kier molecular flexibility index (Phi) is 2.68. The highest BCUT2D eigenvalue weighted by Gasteiger charge is 2.71. The molecule has 0 aliphatic heterocycles. The van der Waals surface area contributed by atoms with Crippen molar-refractivity contribution in [3.63, 3.8) is 0 Å². The minimum Gasteiger partial charge on any atom is -0.103 e. The molecule has 0 heteroatoms. The van der Waals surface area contributed by atoms with Crippen LogP contribution in [0.5, 0.6) is 0 Å². The monoisotopic (exact) mass is 336 g/mol. The lowest BCUT2D eigenvalue weighted by Gasteiger charge is -2.76. The first kappa shape index (κ1) is 15.5. The summed E-state index contributed by atoms with van der Waals surface area (Å²) in [6.07, 6.45) is 22.9. The number of allylic oxidation sites excluding steroid dienone is 2. The van der Waals surface area contributed by atoms with Gasteiger partial charge in [0.1, 0.15) is 0 Å². The Balaban J connectivity index is 1.51. The topological polar surface area (TPSA) is 0 Å². The maximum Gasteiger partial charge on any atom is -0.0102 e. The van der Waals surface area contributed by atoms with Crippen LogP contribution < -0.4 is 0 Å². The van der Waals surface area contributed by atoms with Crippen LogP contribution in [0.4, 0.5) is 0 Å². The van der Waals surface area contributed by atoms with E-state index in [0.29, 0.717) is 27.1 Å². The van der Waals surface area contributed by atoms with E-state index in [9.17, 15) is 0 Å². The lowest BCUT2D eigenvalue weighted by molar-refractivity contribution is -0.247. The van der Waals surface area contributed by atoms with Crippen LogP contribution in [-0.4, -0.2) is 0 Å². The third-order valence-electron chi connectivity index (χ3n) is 10.4. The van der Waals surface area contributed by atoms with E-state index in [-0.39, 0.29) is 0 Å². The Hall–Kier alpha value is -0.520. The molecular formula is C25H36. The summed E-state index contributed by atoms with van der Waals surface area (Å²) in [5.41, 5.74) is 2.67. The Bertz CT molecular complexity index is 592. The van der Waals surface area contributed by atoms with Gasteiger partial charge in [-0.15, -0.1) is 13.2 Å². The summed E-state index contributed by atoms with van der Waals surface area (Å²) in [7, 11) is 0. The highest BCUT2D eigenvalue weighted by Crippen LogP contribution is 2.81. The molecule has 8 saturated carbocycles. The average Bonchev–Trinajstić information content (AvgIpc) is 2.51. The van der Waals surface area contributed by atoms with Gasteiger partial charge in [-0.1, -0.05) is 19.1 Å². The summed E-state index contributed by atoms with van der Waals surface area (Å²) in [4.78, 5) is 0. The molecule has 8 rings (SSSR count). The lowest BCUT2D eigenvalue weighted by Crippen LogP contribution is -2.66. The van der Waals surface area contributed by atoms with E-state index in [1.165, 1.54) is 38.5 Å². The van der Waals surface area contributed by atoms with Crippen LogP contribution >= 0.6 is 0 Å². The van der Waals surface area contributed by atoms with E-state index in [1.807, 2.05) is 0 Å². The first-order valence-electron chi connectivity index (χ1n) is 11.1. The molecule has 0 spiro atoms. The van der Waals surface area contributed by atoms with Gasteiger partial charge < -0.3 is 0 Å². The molecule has 8 bridgehead atoms. The standard InChI is InChI=1S/C25H36/c1-4-22-12-21(3)13-23(5-2,15-22)17-25(14-21,16-22)24-9-18-6-19(10-24)8-20(7-18)11-24/h4-5,18-20H,1-2,6-17H2,3H3. The normalized spacial score (nSPS) is 63.8. The summed E-state index contributed by atoms with van der Waals surface area (Å²) in [6.45, 7) is 11.4. The van der Waals surface area contributed by atoms with Crippen LogP contribution in [0.25, 0.3) is 0 Å². The van der Waals surface area contributed by atoms with Gasteiger partial charge in [0.15, 0.2) is 0 Å². The van der Waals surface area contributed by atoms with Gasteiger partial charge in [0.05, 0.1) is 0 Å². The smallest absolute Gasteiger partial charge is 0.0102 e. The molecule has 0 aromatic heterocycles. The molecule has 136 valence electrons. The highest BCUT2D eigenvalue weighted by atomic mass is 14.8. The van der Waals surface area contributed by atoms with Gasteiger partial charge in [-0.05, 0) is 122 Å². The predicted molar refractivity (Wildman–Crippen MR) is 104 cm³/mol. The van der Waals surface area contributed by atoms with Gasteiger partial charge in [0, 0.05) is 0 Å². The first-order chi connectivity index (χ1) is 11.8. The summed E-state index contributed by atoms with van der Waals surface area (Å²) in [5.74, 6) is 3.23. The number of hydrogen-bond donors (Lipinski definition) is 0. The zero-order valence-electron chi connectivity index (χ0n) is 16.3. The van der Waals surface area contributed by atoms with Gasteiger partial charge in [0.25, 0.3) is 0 Å². The number of hydrogen-bond acceptors (Lipinski definition) is 0. The second-order valence-corrected chi connectivity index (χ2v) is 12.5. The van der Waals surface area contributed by atoms with E-state index < -0.39 is 0 Å². The molecule has 0 aromatic carbocycles. The molecule has 0 saturated heterocycles. The SMILES string of the molecule is C=CC12CC3(C)CC(C=C)(C1)CC(C14CC5CC(CC(C5)C1)C4)(C3)C2. The second-order valence-electron chi connectivity index (χ2n) is 12.5. The Labute approximate surface area is 154 Å². The predicted octanol–water partition coefficient (Wildman–Crippen LogP) is 6.92. The molecule has 0 amide bonds. The van der Waals surface area contributed by atoms with E-state index >= 15 is 0 Å². The molecule has 25 heavy (non-hydrogen) atoms. The fraction of sp³-hybridized carbons (Fsp3) is 0.840. The van der Waals surface area contributed by atoms with Crippen molar-refractivity contribution >= 4 is 0 Å². The largest absolute Gasteiger partial charge is 0.103 e. The quantitative estimate of drug-likeness (QED) is 0.491. The zero-order chi connectivity index (χ0) is 17.1. The Morgan fingerprint density at radius 3 is 1.56 bits per heavy atom. The molecule has 0 N–H and O–H groups in total. The van der Waals surface area contributed by atoms with Crippen molar-refractivity contribution in [2.45, 2.75) is 84.0 Å². The average molecular weight is 337 g/mol. The van der Waals surface area contributed by atoms with Crippen molar-refractivity contribution < 1.29 is 0 Å². The molecule has 0 aromatic rings. The van der Waals surface area contributed by atoms with E-state index in [0.717, 1.165) is 17.8 Å². The maximum atomic E-state index is 4.39. The molecule has 2 unspecified atom stereocenters. The van der Waals surface area contributed by atoms with Gasteiger partial charge in [-0.3, -0.25) is 0 Å². The van der Waals surface area contributed by atoms with E-state index in [4.69, 9.17) is 0 Å². The van der Waals surface area contributed by atoms with Crippen molar-refractivity contribution in [3.05, 3.63) is 25.3 Å². The van der Waals surface area contributed by atoms with Crippen molar-refractivity contribution in [1.82, 2.24) is 0 Å². The third-order valence-corrected chi connectivity index (χ3v) is 10.4. The van der Waals surface area contributed by atoms with Gasteiger partial charge in [-0.25, -0.2) is 0 Å². The number of rotatable bonds is 3. The third kappa shape index (κ3) is 1.80. The van der Waals surface area contributed by atoms with E-state index in [2.05, 4.69) is 32.2 Å². The molecule has 0 heterocycles. The van der Waals surface area contributed by atoms with Crippen molar-refractivity contribution in [3.8, 4) is 0 Å². The second kappa shape index (κ2) is 4.31. The summed E-state index contributed by atoms with van der Waals surface area (Å²) >= 11 is 0. The van der Waals surface area contributed by atoms with Crippen molar-refractivity contribution in [2.24, 2.45) is 44.8 Å². The zero-order valence-corrected chi connectivity index (χ0v) is 16.3. The molecular weight excluding hydrogens is 300 g/mol. The molecule has 0 radical (unpaired) electrons. The maximum absolute atomic E-state index is 4.39. The molecule has 8 fully saturated rings. The Morgan fingerprint density at radius 2 is 1.12 bits per heavy atom. The van der Waals surface area contributed by atoms with Gasteiger partial charge in [0.2, 0.25) is 0 Å². The van der Waals surface area contributed by atoms with E-state index in [1.54, 1.807) is 38.5 Å². The van der Waals surface area contributed by atoms with Crippen LogP contribution in [0.2, 0.25) is 0 Å². The minimum atomic E-state index is 0.418. The lowest BCUT2D eigenvalue weighted by atomic mass is 9.28. The van der Waals surface area contributed by atoms with Crippen LogP contribution in [0.15, 0.2) is 25.3 Å². The summed E-state index contributed by atoms with van der Waals surface area (Å²) in [5, 5.41) is 0. The van der Waals surface area contributed by atoms with Crippen LogP contribution in [0, 0.1) is 44.8 Å². The molecule has 8 aliphatic carbocycles. The van der Waals surface area contributed by atoms with Crippen LogP contribution in [-0.2, 0) is 0 Å². The van der Waals surface area contributed by atoms with Crippen LogP contribution in [0.1, 0.15) is 84.0 Å². The Morgan fingerprint density at radius 1 is 0.640 bits per heavy atom. The fourth-order valence-corrected chi connectivity index (χ4v) is 11.1. The van der Waals surface area contributed by atoms with Crippen molar-refractivity contribution in [1.29, 1.82) is 0 Å². The highest BCUT2D eigenvalue weighted by molar-refractivity contribution is 5.27. The first-order valence-corrected chi connectivity index (χ1v) is 11.1. The fourth-order valence-electron chi connectivity index (χ4n) is 11.1. The van der Waals surface area contributed by atoms with Crippen LogP contribution in [0.3, 0.4) is 0 Å². The minimum absolute atomic E-state index is 0.418. The molecule has 2 atom stereocenters. The summed E-state index contributed by atoms with van der Waals surface area (Å²) in [6, 6.07) is 0. The molecule has 8 aliphatic rings. The van der Waals surface area contributed by atoms with Gasteiger partial charge in [-0.2, -0.15) is 0 Å². The van der Waals surface area contributed by atoms with Gasteiger partial charge >= 0.3 is 0 Å². The van der Waals surface area contributed by atoms with Crippen molar-refractivity contribution in [2.75, 3.05) is 0 Å².